The van der Waals surface area contributed by atoms with Gasteiger partial charge in [-0.1, -0.05) is 29.8 Å². The van der Waals surface area contributed by atoms with Gasteiger partial charge in [-0.2, -0.15) is 0 Å². The van der Waals surface area contributed by atoms with E-state index in [1.54, 1.807) is 18.2 Å². The molecule has 0 saturated carbocycles. The standard InChI is InChI=1S/C16H14ClIN2O2/c17-13-4-2-1-3-10(13)7-8-20-16(22)11-5-6-12(15(19)21)14(18)9-11/h1-6,9H,7-8H2,(H2,19,21)(H,20,22). The summed E-state index contributed by atoms with van der Waals surface area (Å²) in [5, 5.41) is 3.53. The summed E-state index contributed by atoms with van der Waals surface area (Å²) in [7, 11) is 0. The van der Waals surface area contributed by atoms with Crippen LogP contribution in [0.2, 0.25) is 5.02 Å². The first-order valence-corrected chi connectivity index (χ1v) is 8.05. The monoisotopic (exact) mass is 428 g/mol. The molecule has 114 valence electrons. The Hall–Kier alpha value is -1.60. The van der Waals surface area contributed by atoms with E-state index in [0.29, 0.717) is 32.7 Å². The van der Waals surface area contributed by atoms with Crippen LogP contribution in [0.25, 0.3) is 0 Å². The molecule has 0 aromatic heterocycles. The van der Waals surface area contributed by atoms with Gasteiger partial charge < -0.3 is 11.1 Å². The number of carbonyl (C=O) groups is 2. The third-order valence-electron chi connectivity index (χ3n) is 3.13. The second-order valence-corrected chi connectivity index (χ2v) is 6.23. The van der Waals surface area contributed by atoms with Gasteiger partial charge in [0.2, 0.25) is 5.91 Å². The topological polar surface area (TPSA) is 72.2 Å². The summed E-state index contributed by atoms with van der Waals surface area (Å²) in [6.45, 7) is 0.483. The van der Waals surface area contributed by atoms with Gasteiger partial charge in [-0.15, -0.1) is 0 Å². The fourth-order valence-electron chi connectivity index (χ4n) is 1.97. The van der Waals surface area contributed by atoms with Crippen LogP contribution in [-0.2, 0) is 6.42 Å². The van der Waals surface area contributed by atoms with Crippen molar-refractivity contribution in [3.63, 3.8) is 0 Å². The lowest BCUT2D eigenvalue weighted by atomic mass is 10.1. The first-order valence-electron chi connectivity index (χ1n) is 6.60. The molecular formula is C16H14ClIN2O2. The van der Waals surface area contributed by atoms with Crippen molar-refractivity contribution in [2.45, 2.75) is 6.42 Å². The molecule has 22 heavy (non-hydrogen) atoms. The van der Waals surface area contributed by atoms with E-state index in [1.165, 1.54) is 0 Å². The predicted octanol–water partition coefficient (Wildman–Crippen LogP) is 3.02. The van der Waals surface area contributed by atoms with E-state index in [-0.39, 0.29) is 5.91 Å². The van der Waals surface area contributed by atoms with Gasteiger partial charge in [-0.05, 0) is 58.8 Å². The number of amides is 2. The van der Waals surface area contributed by atoms with Crippen LogP contribution < -0.4 is 11.1 Å². The summed E-state index contributed by atoms with van der Waals surface area (Å²) in [6.07, 6.45) is 0.655. The van der Waals surface area contributed by atoms with Crippen LogP contribution >= 0.6 is 34.2 Å². The zero-order valence-electron chi connectivity index (χ0n) is 11.6. The van der Waals surface area contributed by atoms with Crippen molar-refractivity contribution < 1.29 is 9.59 Å². The Morgan fingerprint density at radius 2 is 1.91 bits per heavy atom. The summed E-state index contributed by atoms with van der Waals surface area (Å²) < 4.78 is 0.656. The maximum atomic E-state index is 12.1. The summed E-state index contributed by atoms with van der Waals surface area (Å²) in [5.74, 6) is -0.698. The fourth-order valence-corrected chi connectivity index (χ4v) is 2.98. The molecule has 0 saturated heterocycles. The minimum atomic E-state index is -0.505. The van der Waals surface area contributed by atoms with Crippen LogP contribution in [0.4, 0.5) is 0 Å². The van der Waals surface area contributed by atoms with Gasteiger partial charge in [-0.25, -0.2) is 0 Å². The molecule has 0 atom stereocenters. The molecule has 2 rings (SSSR count). The molecular weight excluding hydrogens is 415 g/mol. The quantitative estimate of drug-likeness (QED) is 0.719. The average molecular weight is 429 g/mol. The van der Waals surface area contributed by atoms with Crippen LogP contribution in [0.1, 0.15) is 26.3 Å². The zero-order valence-corrected chi connectivity index (χ0v) is 14.5. The van der Waals surface area contributed by atoms with Gasteiger partial charge >= 0.3 is 0 Å². The molecule has 2 amide bonds. The van der Waals surface area contributed by atoms with E-state index >= 15 is 0 Å². The average Bonchev–Trinajstić information content (AvgIpc) is 2.48. The first-order chi connectivity index (χ1) is 10.5. The van der Waals surface area contributed by atoms with E-state index in [4.69, 9.17) is 17.3 Å². The first kappa shape index (κ1) is 16.8. The highest BCUT2D eigenvalue weighted by Crippen LogP contribution is 2.16. The largest absolute Gasteiger partial charge is 0.366 e. The molecule has 3 N–H and O–H groups in total. The molecule has 0 aliphatic carbocycles. The lowest BCUT2D eigenvalue weighted by Gasteiger charge is -2.08. The maximum Gasteiger partial charge on any atom is 0.251 e. The Bertz CT molecular complexity index is 719. The fraction of sp³-hybridized carbons (Fsp3) is 0.125. The van der Waals surface area contributed by atoms with Crippen LogP contribution in [0, 0.1) is 3.57 Å². The molecule has 0 unspecified atom stereocenters. The molecule has 6 heteroatoms. The number of nitrogens with one attached hydrogen (secondary N) is 1. The van der Waals surface area contributed by atoms with Crippen molar-refractivity contribution in [1.29, 1.82) is 0 Å². The van der Waals surface area contributed by atoms with Gasteiger partial charge in [0.15, 0.2) is 0 Å². The normalized spacial score (nSPS) is 10.3. The molecule has 4 nitrogen and oxygen atoms in total. The van der Waals surface area contributed by atoms with Gasteiger partial charge in [0.05, 0.1) is 5.56 Å². The van der Waals surface area contributed by atoms with Crippen LogP contribution in [0.3, 0.4) is 0 Å². The maximum absolute atomic E-state index is 12.1. The van der Waals surface area contributed by atoms with Crippen molar-refractivity contribution in [2.75, 3.05) is 6.54 Å². The molecule has 0 radical (unpaired) electrons. The lowest BCUT2D eigenvalue weighted by Crippen LogP contribution is -2.26. The second-order valence-electron chi connectivity index (χ2n) is 4.66. The van der Waals surface area contributed by atoms with Crippen LogP contribution in [-0.4, -0.2) is 18.4 Å². The number of benzene rings is 2. The number of rotatable bonds is 5. The summed E-state index contributed by atoms with van der Waals surface area (Å²) in [4.78, 5) is 23.3. The SMILES string of the molecule is NC(=O)c1ccc(C(=O)NCCc2ccccc2Cl)cc1I. The highest BCUT2D eigenvalue weighted by molar-refractivity contribution is 14.1. The van der Waals surface area contributed by atoms with E-state index in [9.17, 15) is 9.59 Å². The van der Waals surface area contributed by atoms with Crippen LogP contribution in [0.5, 0.6) is 0 Å². The lowest BCUT2D eigenvalue weighted by molar-refractivity contribution is 0.0951. The van der Waals surface area contributed by atoms with E-state index in [1.807, 2.05) is 46.9 Å². The van der Waals surface area contributed by atoms with Gasteiger partial charge in [0, 0.05) is 20.7 Å². The Morgan fingerprint density at radius 3 is 2.55 bits per heavy atom. The minimum absolute atomic E-state index is 0.194. The van der Waals surface area contributed by atoms with Crippen molar-refractivity contribution in [3.8, 4) is 0 Å². The smallest absolute Gasteiger partial charge is 0.251 e. The number of nitrogens with two attached hydrogens (primary N) is 1. The molecule has 0 spiro atoms. The number of hydrogen-bond donors (Lipinski definition) is 2. The second kappa shape index (κ2) is 7.60. The number of carbonyl (C=O) groups excluding carboxylic acids is 2. The molecule has 2 aromatic carbocycles. The molecule has 0 fully saturated rings. The van der Waals surface area contributed by atoms with Crippen molar-refractivity contribution in [3.05, 3.63) is 67.7 Å². The Labute approximate surface area is 147 Å². The summed E-state index contributed by atoms with van der Waals surface area (Å²) >= 11 is 8.05. The van der Waals surface area contributed by atoms with Gasteiger partial charge in [0.25, 0.3) is 5.91 Å². The summed E-state index contributed by atoms with van der Waals surface area (Å²) in [5.41, 5.74) is 7.14. The van der Waals surface area contributed by atoms with E-state index in [2.05, 4.69) is 5.32 Å². The minimum Gasteiger partial charge on any atom is -0.366 e. The van der Waals surface area contributed by atoms with Crippen LogP contribution in [0.15, 0.2) is 42.5 Å². The molecule has 0 aliphatic heterocycles. The number of halogens is 2. The highest BCUT2D eigenvalue weighted by Gasteiger charge is 2.11. The zero-order chi connectivity index (χ0) is 16.1. The van der Waals surface area contributed by atoms with Crippen molar-refractivity contribution in [1.82, 2.24) is 5.32 Å². The Kier molecular flexibility index (Phi) is 5.79. The third-order valence-corrected chi connectivity index (χ3v) is 4.40. The predicted molar refractivity (Wildman–Crippen MR) is 95.2 cm³/mol. The molecule has 0 bridgehead atoms. The Morgan fingerprint density at radius 1 is 1.18 bits per heavy atom. The van der Waals surface area contributed by atoms with Gasteiger partial charge in [-0.3, -0.25) is 9.59 Å². The molecule has 0 aliphatic rings. The molecule has 0 heterocycles. The van der Waals surface area contributed by atoms with Gasteiger partial charge in [0.1, 0.15) is 0 Å². The highest BCUT2D eigenvalue weighted by atomic mass is 127. The number of hydrogen-bond acceptors (Lipinski definition) is 2. The third kappa shape index (κ3) is 4.20. The Balaban J connectivity index is 1.97. The summed E-state index contributed by atoms with van der Waals surface area (Å²) in [6, 6.07) is 12.3. The molecule has 2 aromatic rings. The van der Waals surface area contributed by atoms with Crippen molar-refractivity contribution in [2.24, 2.45) is 5.73 Å². The van der Waals surface area contributed by atoms with E-state index < -0.39 is 5.91 Å². The number of primary amides is 1. The van der Waals surface area contributed by atoms with E-state index in [0.717, 1.165) is 5.56 Å². The van der Waals surface area contributed by atoms with Crippen molar-refractivity contribution >= 4 is 46.0 Å².